The summed E-state index contributed by atoms with van der Waals surface area (Å²) in [6.45, 7) is 1.59. The number of amides is 2. The number of carbonyl (C=O) groups excluding carboxylic acids is 2. The molecular formula is C24H21ClN4O2. The Balaban J connectivity index is 1.78. The maximum absolute atomic E-state index is 13.0. The van der Waals surface area contributed by atoms with Crippen molar-refractivity contribution in [1.29, 1.82) is 0 Å². The monoisotopic (exact) mass is 432 g/mol. The number of H-pyrrole nitrogens is 1. The van der Waals surface area contributed by atoms with E-state index in [1.165, 1.54) is 0 Å². The first-order valence-electron chi connectivity index (χ1n) is 10.0. The minimum atomic E-state index is -0.392. The van der Waals surface area contributed by atoms with Gasteiger partial charge < -0.3 is 14.5 Å². The van der Waals surface area contributed by atoms with Gasteiger partial charge in [-0.05, 0) is 38.4 Å². The van der Waals surface area contributed by atoms with Crippen LogP contribution in [0.4, 0.5) is 0 Å². The van der Waals surface area contributed by atoms with Crippen LogP contribution in [0.5, 0.6) is 0 Å². The maximum atomic E-state index is 13.0. The molecule has 4 aromatic rings. The maximum Gasteiger partial charge on any atom is 0.259 e. The zero-order chi connectivity index (χ0) is 21.7. The van der Waals surface area contributed by atoms with Crippen LogP contribution in [0.25, 0.3) is 33.0 Å². The second-order valence-electron chi connectivity index (χ2n) is 7.98. The normalized spacial score (nSPS) is 14.5. The SMILES string of the molecule is CN(C)CCn1cc(C2=C(c3c[nH]c4ccccc34)C(=O)NC2=O)c2cc(Cl)ccc21. The molecule has 5 rings (SSSR count). The third kappa shape index (κ3) is 3.24. The van der Waals surface area contributed by atoms with Gasteiger partial charge in [0.15, 0.2) is 0 Å². The Labute approximate surface area is 184 Å². The lowest BCUT2D eigenvalue weighted by Crippen LogP contribution is -2.22. The first-order valence-corrected chi connectivity index (χ1v) is 10.4. The number of aromatic nitrogens is 2. The zero-order valence-electron chi connectivity index (χ0n) is 17.2. The van der Waals surface area contributed by atoms with E-state index in [0.29, 0.717) is 27.3 Å². The van der Waals surface area contributed by atoms with Crippen LogP contribution < -0.4 is 5.32 Å². The minimum absolute atomic E-state index is 0.380. The summed E-state index contributed by atoms with van der Waals surface area (Å²) in [6, 6.07) is 13.4. The number of hydrogen-bond acceptors (Lipinski definition) is 3. The highest BCUT2D eigenvalue weighted by atomic mass is 35.5. The lowest BCUT2D eigenvalue weighted by molar-refractivity contribution is -0.122. The van der Waals surface area contributed by atoms with E-state index in [1.807, 2.05) is 62.8 Å². The summed E-state index contributed by atoms with van der Waals surface area (Å²) in [5, 5.41) is 4.82. The van der Waals surface area contributed by atoms with Crippen molar-refractivity contribution in [3.05, 3.63) is 71.0 Å². The Kier molecular flexibility index (Phi) is 4.68. The van der Waals surface area contributed by atoms with Gasteiger partial charge in [0.05, 0.1) is 11.1 Å². The number of likely N-dealkylation sites (N-methyl/N-ethyl adjacent to an activating group) is 1. The summed E-state index contributed by atoms with van der Waals surface area (Å²) in [7, 11) is 4.04. The molecule has 2 aromatic heterocycles. The van der Waals surface area contributed by atoms with Gasteiger partial charge in [0, 0.05) is 63.4 Å². The standard InChI is InChI=1S/C24H21ClN4O2/c1-28(2)9-10-29-13-18(16-11-14(25)7-8-20(16)29)22-21(23(30)27-24(22)31)17-12-26-19-6-4-3-5-15(17)19/h3-8,11-13,26H,9-10H2,1-2H3,(H,27,30,31). The Morgan fingerprint density at radius 3 is 2.48 bits per heavy atom. The second kappa shape index (κ2) is 7.41. The highest BCUT2D eigenvalue weighted by molar-refractivity contribution is 6.50. The molecule has 0 saturated carbocycles. The van der Waals surface area contributed by atoms with E-state index < -0.39 is 5.91 Å². The number of para-hydroxylation sites is 1. The Hall–Kier alpha value is -3.35. The number of imide groups is 1. The highest BCUT2D eigenvalue weighted by Gasteiger charge is 2.35. The van der Waals surface area contributed by atoms with Crippen molar-refractivity contribution >= 4 is 56.4 Å². The van der Waals surface area contributed by atoms with Gasteiger partial charge in [-0.1, -0.05) is 29.8 Å². The first kappa shape index (κ1) is 19.6. The van der Waals surface area contributed by atoms with Crippen LogP contribution in [-0.4, -0.2) is 46.9 Å². The molecule has 1 aliphatic heterocycles. The summed E-state index contributed by atoms with van der Waals surface area (Å²) < 4.78 is 2.11. The Morgan fingerprint density at radius 2 is 1.71 bits per heavy atom. The van der Waals surface area contributed by atoms with Crippen LogP contribution >= 0.6 is 11.6 Å². The van der Waals surface area contributed by atoms with E-state index >= 15 is 0 Å². The number of carbonyl (C=O) groups is 2. The minimum Gasteiger partial charge on any atom is -0.361 e. The van der Waals surface area contributed by atoms with E-state index in [1.54, 1.807) is 6.20 Å². The van der Waals surface area contributed by atoms with Crippen LogP contribution in [0.15, 0.2) is 54.9 Å². The largest absolute Gasteiger partial charge is 0.361 e. The van der Waals surface area contributed by atoms with E-state index in [4.69, 9.17) is 11.6 Å². The van der Waals surface area contributed by atoms with Gasteiger partial charge in [-0.15, -0.1) is 0 Å². The van der Waals surface area contributed by atoms with Crippen LogP contribution in [0.3, 0.4) is 0 Å². The molecule has 0 spiro atoms. The van der Waals surface area contributed by atoms with E-state index in [-0.39, 0.29) is 5.91 Å². The molecule has 1 aliphatic rings. The van der Waals surface area contributed by atoms with Crippen molar-refractivity contribution in [2.75, 3.05) is 20.6 Å². The summed E-state index contributed by atoms with van der Waals surface area (Å²) >= 11 is 6.31. The molecule has 0 saturated heterocycles. The Bertz CT molecular complexity index is 1390. The molecule has 7 heteroatoms. The molecule has 31 heavy (non-hydrogen) atoms. The first-order chi connectivity index (χ1) is 14.9. The summed E-state index contributed by atoms with van der Waals surface area (Å²) in [5.41, 5.74) is 4.07. The second-order valence-corrected chi connectivity index (χ2v) is 8.42. The zero-order valence-corrected chi connectivity index (χ0v) is 18.0. The number of benzene rings is 2. The van der Waals surface area contributed by atoms with Gasteiger partial charge in [0.25, 0.3) is 11.8 Å². The lowest BCUT2D eigenvalue weighted by Gasteiger charge is -2.11. The van der Waals surface area contributed by atoms with Gasteiger partial charge in [-0.3, -0.25) is 14.9 Å². The molecule has 0 unspecified atom stereocenters. The van der Waals surface area contributed by atoms with Gasteiger partial charge in [-0.25, -0.2) is 0 Å². The summed E-state index contributed by atoms with van der Waals surface area (Å²) in [6.07, 6.45) is 3.74. The van der Waals surface area contributed by atoms with E-state index in [2.05, 4.69) is 19.8 Å². The number of halogens is 1. The van der Waals surface area contributed by atoms with Gasteiger partial charge in [-0.2, -0.15) is 0 Å². The molecule has 0 radical (unpaired) electrons. The molecule has 2 aromatic carbocycles. The predicted octanol–water partition coefficient (Wildman–Crippen LogP) is 3.90. The van der Waals surface area contributed by atoms with E-state index in [0.717, 1.165) is 34.9 Å². The van der Waals surface area contributed by atoms with Crippen LogP contribution in [-0.2, 0) is 16.1 Å². The number of aromatic amines is 1. The predicted molar refractivity (Wildman–Crippen MR) is 124 cm³/mol. The highest BCUT2D eigenvalue weighted by Crippen LogP contribution is 2.38. The topological polar surface area (TPSA) is 70.1 Å². The van der Waals surface area contributed by atoms with Crippen molar-refractivity contribution in [3.8, 4) is 0 Å². The van der Waals surface area contributed by atoms with Crippen LogP contribution in [0.1, 0.15) is 11.1 Å². The fourth-order valence-corrected chi connectivity index (χ4v) is 4.38. The molecule has 6 nitrogen and oxygen atoms in total. The van der Waals surface area contributed by atoms with Crippen molar-refractivity contribution < 1.29 is 9.59 Å². The average molecular weight is 433 g/mol. The van der Waals surface area contributed by atoms with Crippen molar-refractivity contribution in [2.24, 2.45) is 0 Å². The molecule has 0 bridgehead atoms. The third-order valence-electron chi connectivity index (χ3n) is 5.69. The van der Waals surface area contributed by atoms with Gasteiger partial charge in [0.1, 0.15) is 0 Å². The number of rotatable bonds is 5. The van der Waals surface area contributed by atoms with Gasteiger partial charge in [0.2, 0.25) is 0 Å². The molecule has 0 fully saturated rings. The molecular weight excluding hydrogens is 412 g/mol. The van der Waals surface area contributed by atoms with Crippen LogP contribution in [0.2, 0.25) is 5.02 Å². The number of fused-ring (bicyclic) bond motifs is 2. The Morgan fingerprint density at radius 1 is 0.968 bits per heavy atom. The fourth-order valence-electron chi connectivity index (χ4n) is 4.21. The summed E-state index contributed by atoms with van der Waals surface area (Å²) in [5.74, 6) is -0.780. The van der Waals surface area contributed by atoms with Crippen molar-refractivity contribution in [2.45, 2.75) is 6.54 Å². The molecule has 2 N–H and O–H groups in total. The van der Waals surface area contributed by atoms with Gasteiger partial charge >= 0.3 is 0 Å². The third-order valence-corrected chi connectivity index (χ3v) is 5.93. The molecule has 0 aliphatic carbocycles. The number of nitrogens with zero attached hydrogens (tertiary/aromatic N) is 2. The molecule has 156 valence electrons. The van der Waals surface area contributed by atoms with Crippen molar-refractivity contribution in [3.63, 3.8) is 0 Å². The van der Waals surface area contributed by atoms with E-state index in [9.17, 15) is 9.59 Å². The van der Waals surface area contributed by atoms with Crippen molar-refractivity contribution in [1.82, 2.24) is 19.8 Å². The quantitative estimate of drug-likeness (QED) is 0.470. The fraction of sp³-hybridized carbons (Fsp3) is 0.167. The smallest absolute Gasteiger partial charge is 0.259 e. The van der Waals surface area contributed by atoms with Crippen LogP contribution in [0, 0.1) is 0 Å². The lowest BCUT2D eigenvalue weighted by atomic mass is 9.95. The summed E-state index contributed by atoms with van der Waals surface area (Å²) in [4.78, 5) is 31.2. The molecule has 3 heterocycles. The average Bonchev–Trinajstić information content (AvgIpc) is 3.39. The molecule has 2 amide bonds. The number of nitrogens with one attached hydrogen (secondary N) is 2. The number of hydrogen-bond donors (Lipinski definition) is 2. The molecule has 0 atom stereocenters.